The van der Waals surface area contributed by atoms with Gasteiger partial charge in [0.15, 0.2) is 0 Å². The summed E-state index contributed by atoms with van der Waals surface area (Å²) in [5.74, 6) is 0. The van der Waals surface area contributed by atoms with Crippen molar-refractivity contribution in [3.8, 4) is 0 Å². The van der Waals surface area contributed by atoms with E-state index in [1.54, 1.807) is 6.20 Å². The molecular weight excluding hydrogens is 234 g/mol. The molecule has 3 N–H and O–H groups in total. The number of nitrogens with zero attached hydrogens (tertiary/aromatic N) is 1. The van der Waals surface area contributed by atoms with Gasteiger partial charge in [-0.05, 0) is 60.6 Å². The lowest BCUT2D eigenvalue weighted by Gasteiger charge is -2.31. The van der Waals surface area contributed by atoms with Crippen LogP contribution in [0.1, 0.15) is 48.0 Å². The third-order valence-electron chi connectivity index (χ3n) is 2.76. The number of hydrogen-bond acceptors (Lipinski definition) is 3. The van der Waals surface area contributed by atoms with Crippen LogP contribution in [0.2, 0.25) is 0 Å². The Kier molecular flexibility index (Phi) is 21.1. The Morgan fingerprint density at radius 1 is 1.21 bits per heavy atom. The van der Waals surface area contributed by atoms with Crippen LogP contribution in [-0.2, 0) is 0 Å². The number of rotatable bonds is 5. The maximum Gasteiger partial charge on any atom is 0.0331 e. The van der Waals surface area contributed by atoms with Crippen LogP contribution in [0.25, 0.3) is 0 Å². The van der Waals surface area contributed by atoms with Gasteiger partial charge in [0, 0.05) is 5.54 Å². The van der Waals surface area contributed by atoms with E-state index in [1.165, 1.54) is 0 Å². The molecule has 0 bridgehead atoms. The zero-order valence-electron chi connectivity index (χ0n) is 14.5. The van der Waals surface area contributed by atoms with Crippen LogP contribution in [0.3, 0.4) is 0 Å². The Morgan fingerprint density at radius 2 is 1.68 bits per heavy atom. The highest BCUT2D eigenvalue weighted by atomic mass is 15.1. The van der Waals surface area contributed by atoms with Crippen LogP contribution in [0.15, 0.2) is 24.4 Å². The molecule has 0 spiro atoms. The van der Waals surface area contributed by atoms with Gasteiger partial charge in [0.1, 0.15) is 0 Å². The van der Waals surface area contributed by atoms with Gasteiger partial charge in [-0.1, -0.05) is 39.0 Å². The van der Waals surface area contributed by atoms with Gasteiger partial charge in [-0.15, -0.1) is 0 Å². The third kappa shape index (κ3) is 19.7. The fraction of sp³-hybridized carbons (Fsp3) is 0.750. The highest BCUT2D eigenvalue weighted by molar-refractivity contribution is 4.99. The molecule has 0 fully saturated rings. The smallest absolute Gasteiger partial charge is 0.0331 e. The van der Waals surface area contributed by atoms with Crippen molar-refractivity contribution in [3.05, 3.63) is 24.4 Å². The first-order chi connectivity index (χ1) is 8.87. The summed E-state index contributed by atoms with van der Waals surface area (Å²) in [5, 5.41) is 2.93. The van der Waals surface area contributed by atoms with Crippen molar-refractivity contribution in [1.82, 2.24) is 10.2 Å². The van der Waals surface area contributed by atoms with Crippen LogP contribution >= 0.6 is 0 Å². The van der Waals surface area contributed by atoms with E-state index in [0.29, 0.717) is 0 Å². The van der Waals surface area contributed by atoms with Crippen molar-refractivity contribution in [2.24, 2.45) is 5.73 Å². The summed E-state index contributed by atoms with van der Waals surface area (Å²) in [5.41, 5.74) is 5.17. The van der Waals surface area contributed by atoms with Crippen LogP contribution in [-0.4, -0.2) is 37.6 Å². The SMILES string of the molecule is C/C=C\C(C)(C)N(C)CC.CC/C=C/N.CCNC. The maximum absolute atomic E-state index is 4.96. The molecule has 0 aliphatic carbocycles. The number of likely N-dealkylation sites (N-methyl/N-ethyl adjacent to an activating group) is 1. The topological polar surface area (TPSA) is 41.3 Å². The van der Waals surface area contributed by atoms with Crippen LogP contribution in [0, 0.1) is 0 Å². The molecule has 0 heterocycles. The van der Waals surface area contributed by atoms with Gasteiger partial charge in [-0.3, -0.25) is 4.90 Å². The monoisotopic (exact) mass is 271 g/mol. The van der Waals surface area contributed by atoms with E-state index in [9.17, 15) is 0 Å². The van der Waals surface area contributed by atoms with Crippen molar-refractivity contribution in [2.45, 2.75) is 53.5 Å². The van der Waals surface area contributed by atoms with Gasteiger partial charge in [-0.25, -0.2) is 0 Å². The third-order valence-corrected chi connectivity index (χ3v) is 2.76. The highest BCUT2D eigenvalue weighted by Gasteiger charge is 2.16. The number of hydrogen-bond donors (Lipinski definition) is 2. The molecule has 3 nitrogen and oxygen atoms in total. The number of allylic oxidation sites excluding steroid dienone is 2. The molecule has 116 valence electrons. The standard InChI is InChI=1S/C9H19N.C4H9N.C3H9N/c1-6-8-9(3,4)10(5)7-2;1-2-3-4-5;1-3-4-2/h6,8H,7H2,1-5H3;3-4H,2,5H2,1H3;4H,3H2,1-2H3/b8-6-;4-3+;. The number of nitrogens with one attached hydrogen (secondary N) is 1. The number of nitrogens with two attached hydrogens (primary N) is 1. The first-order valence-electron chi connectivity index (χ1n) is 7.24. The summed E-state index contributed by atoms with van der Waals surface area (Å²) in [6.07, 6.45) is 8.82. The lowest BCUT2D eigenvalue weighted by atomic mass is 10.0. The summed E-state index contributed by atoms with van der Waals surface area (Å²) >= 11 is 0. The Hall–Kier alpha value is -0.800. The van der Waals surface area contributed by atoms with E-state index in [1.807, 2.05) is 20.0 Å². The molecule has 0 amide bonds. The van der Waals surface area contributed by atoms with Crippen molar-refractivity contribution in [3.63, 3.8) is 0 Å². The minimum atomic E-state index is 0.212. The molecule has 0 aliphatic heterocycles. The normalized spacial score (nSPS) is 11.2. The average Bonchev–Trinajstić information content (AvgIpc) is 2.39. The van der Waals surface area contributed by atoms with Crippen molar-refractivity contribution < 1.29 is 0 Å². The molecule has 0 aromatic heterocycles. The van der Waals surface area contributed by atoms with E-state index in [2.05, 4.69) is 64.0 Å². The summed E-state index contributed by atoms with van der Waals surface area (Å²) in [6.45, 7) is 14.9. The van der Waals surface area contributed by atoms with Crippen LogP contribution in [0.4, 0.5) is 0 Å². The Balaban J connectivity index is -0.000000238. The minimum Gasteiger partial charge on any atom is -0.405 e. The summed E-state index contributed by atoms with van der Waals surface area (Å²) in [4.78, 5) is 2.31. The van der Waals surface area contributed by atoms with Gasteiger partial charge in [-0.2, -0.15) is 0 Å². The van der Waals surface area contributed by atoms with Gasteiger partial charge >= 0.3 is 0 Å². The van der Waals surface area contributed by atoms with Gasteiger partial charge < -0.3 is 11.1 Å². The average molecular weight is 271 g/mol. The molecule has 0 aliphatic rings. The second-order valence-electron chi connectivity index (χ2n) is 4.71. The molecule has 0 saturated carbocycles. The summed E-state index contributed by atoms with van der Waals surface area (Å²) in [6, 6.07) is 0. The zero-order valence-corrected chi connectivity index (χ0v) is 14.5. The molecular formula is C16H37N3. The maximum atomic E-state index is 4.96. The molecule has 19 heavy (non-hydrogen) atoms. The van der Waals surface area contributed by atoms with Crippen molar-refractivity contribution >= 4 is 0 Å². The second-order valence-corrected chi connectivity index (χ2v) is 4.71. The Labute approximate surface area is 121 Å². The zero-order chi connectivity index (χ0) is 15.7. The highest BCUT2D eigenvalue weighted by Crippen LogP contribution is 2.12. The predicted octanol–water partition coefficient (Wildman–Crippen LogP) is 3.39. The predicted molar refractivity (Wildman–Crippen MR) is 90.4 cm³/mol. The van der Waals surface area contributed by atoms with Crippen LogP contribution in [0.5, 0.6) is 0 Å². The largest absolute Gasteiger partial charge is 0.405 e. The first kappa shape index (κ1) is 23.3. The second kappa shape index (κ2) is 17.2. The molecule has 0 unspecified atom stereocenters. The quantitative estimate of drug-likeness (QED) is 0.753. The van der Waals surface area contributed by atoms with E-state index in [0.717, 1.165) is 19.5 Å². The fourth-order valence-electron chi connectivity index (χ4n) is 1.08. The van der Waals surface area contributed by atoms with Gasteiger partial charge in [0.25, 0.3) is 0 Å². The molecule has 0 rings (SSSR count). The van der Waals surface area contributed by atoms with Crippen LogP contribution < -0.4 is 11.1 Å². The molecule has 0 atom stereocenters. The van der Waals surface area contributed by atoms with E-state index in [4.69, 9.17) is 5.73 Å². The van der Waals surface area contributed by atoms with Crippen molar-refractivity contribution in [1.29, 1.82) is 0 Å². The Bertz CT molecular complexity index is 206. The van der Waals surface area contributed by atoms with E-state index < -0.39 is 0 Å². The van der Waals surface area contributed by atoms with E-state index >= 15 is 0 Å². The summed E-state index contributed by atoms with van der Waals surface area (Å²) in [7, 11) is 4.07. The van der Waals surface area contributed by atoms with E-state index in [-0.39, 0.29) is 5.54 Å². The fourth-order valence-corrected chi connectivity index (χ4v) is 1.08. The molecule has 0 aromatic carbocycles. The first-order valence-corrected chi connectivity index (χ1v) is 7.24. The Morgan fingerprint density at radius 3 is 1.84 bits per heavy atom. The van der Waals surface area contributed by atoms with Gasteiger partial charge in [0.2, 0.25) is 0 Å². The molecule has 0 saturated heterocycles. The van der Waals surface area contributed by atoms with Gasteiger partial charge in [0.05, 0.1) is 0 Å². The minimum absolute atomic E-state index is 0.212. The lowest BCUT2D eigenvalue weighted by molar-refractivity contribution is 0.215. The molecule has 3 heteroatoms. The molecule has 0 radical (unpaired) electrons. The lowest BCUT2D eigenvalue weighted by Crippen LogP contribution is -2.38. The van der Waals surface area contributed by atoms with Crippen molar-refractivity contribution in [2.75, 3.05) is 27.2 Å². The summed E-state index contributed by atoms with van der Waals surface area (Å²) < 4.78 is 0. The molecule has 0 aromatic rings.